The van der Waals surface area contributed by atoms with E-state index in [4.69, 9.17) is 14.2 Å². The zero-order valence-corrected chi connectivity index (χ0v) is 18.6. The third-order valence-electron chi connectivity index (χ3n) is 4.86. The van der Waals surface area contributed by atoms with Crippen LogP contribution in [0.3, 0.4) is 0 Å². The summed E-state index contributed by atoms with van der Waals surface area (Å²) in [6, 6.07) is 17.0. The van der Waals surface area contributed by atoms with Crippen molar-refractivity contribution in [3.63, 3.8) is 0 Å². The summed E-state index contributed by atoms with van der Waals surface area (Å²) in [5.41, 5.74) is 2.78. The highest BCUT2D eigenvalue weighted by Gasteiger charge is 2.10. The maximum Gasteiger partial charge on any atom is 0.262 e. The first-order valence-corrected chi connectivity index (χ1v) is 10.2. The molecule has 33 heavy (non-hydrogen) atoms. The highest BCUT2D eigenvalue weighted by atomic mass is 16.5. The minimum Gasteiger partial charge on any atom is -0.504 e. The number of hydrogen-bond donors (Lipinski definition) is 2. The lowest BCUT2D eigenvalue weighted by molar-refractivity contribution is -0.118. The first kappa shape index (κ1) is 23.4. The smallest absolute Gasteiger partial charge is 0.262 e. The molecule has 0 radical (unpaired) electrons. The van der Waals surface area contributed by atoms with Crippen LogP contribution in [0.2, 0.25) is 0 Å². The average molecular weight is 447 g/mol. The van der Waals surface area contributed by atoms with E-state index < -0.39 is 0 Å². The molecule has 0 bridgehead atoms. The summed E-state index contributed by atoms with van der Waals surface area (Å²) >= 11 is 0. The van der Waals surface area contributed by atoms with E-state index in [1.165, 1.54) is 38.5 Å². The van der Waals surface area contributed by atoms with Gasteiger partial charge in [-0.05, 0) is 60.5 Å². The van der Waals surface area contributed by atoms with Crippen LogP contribution in [-0.2, 0) is 4.79 Å². The second-order valence-corrected chi connectivity index (χ2v) is 7.15. The fourth-order valence-corrected chi connectivity index (χ4v) is 3.05. The van der Waals surface area contributed by atoms with Gasteiger partial charge < -0.3 is 24.6 Å². The van der Waals surface area contributed by atoms with Crippen molar-refractivity contribution in [1.29, 1.82) is 0 Å². The topological polar surface area (TPSA) is 94.1 Å². The second-order valence-electron chi connectivity index (χ2n) is 7.15. The Bertz CT molecular complexity index is 1190. The number of amides is 1. The third kappa shape index (κ3) is 6.13. The van der Waals surface area contributed by atoms with E-state index in [9.17, 15) is 14.7 Å². The number of hydrogen-bond acceptors (Lipinski definition) is 6. The van der Waals surface area contributed by atoms with Gasteiger partial charge in [-0.2, -0.15) is 0 Å². The van der Waals surface area contributed by atoms with Gasteiger partial charge in [0.15, 0.2) is 35.4 Å². The van der Waals surface area contributed by atoms with E-state index >= 15 is 0 Å². The van der Waals surface area contributed by atoms with Crippen LogP contribution in [0, 0.1) is 6.92 Å². The molecular formula is C26H25NO6. The minimum absolute atomic E-state index is 0.0362. The van der Waals surface area contributed by atoms with Gasteiger partial charge in [0.1, 0.15) is 0 Å². The molecule has 0 atom stereocenters. The highest BCUT2D eigenvalue weighted by Crippen LogP contribution is 2.29. The molecule has 0 spiro atoms. The Hall–Kier alpha value is -4.26. The van der Waals surface area contributed by atoms with Gasteiger partial charge in [-0.25, -0.2) is 0 Å². The summed E-state index contributed by atoms with van der Waals surface area (Å²) in [6.45, 7) is 1.73. The number of phenolic OH excluding ortho intramolecular Hbond substituents is 1. The van der Waals surface area contributed by atoms with Gasteiger partial charge in [-0.15, -0.1) is 0 Å². The largest absolute Gasteiger partial charge is 0.504 e. The molecule has 0 aromatic heterocycles. The molecule has 0 aliphatic heterocycles. The number of nitrogens with one attached hydrogen (secondary N) is 1. The van der Waals surface area contributed by atoms with Crippen molar-refractivity contribution >= 4 is 23.5 Å². The van der Waals surface area contributed by atoms with Crippen LogP contribution in [0.4, 0.5) is 5.69 Å². The number of phenols is 1. The molecule has 0 aliphatic rings. The average Bonchev–Trinajstić information content (AvgIpc) is 2.83. The molecule has 7 nitrogen and oxygen atoms in total. The minimum atomic E-state index is -0.287. The Morgan fingerprint density at radius 1 is 0.939 bits per heavy atom. The molecule has 1 amide bonds. The maximum atomic E-state index is 12.4. The monoisotopic (exact) mass is 447 g/mol. The quantitative estimate of drug-likeness (QED) is 0.367. The van der Waals surface area contributed by atoms with Crippen LogP contribution < -0.4 is 19.5 Å². The normalized spacial score (nSPS) is 10.6. The van der Waals surface area contributed by atoms with Gasteiger partial charge in [-0.3, -0.25) is 9.59 Å². The molecule has 3 aromatic rings. The number of para-hydroxylation sites is 1. The SMILES string of the molecule is COc1cc(C(=O)/C=C/c2ccc(OCC(=O)Nc3ccccc3C)c(OC)c2)ccc1O. The van der Waals surface area contributed by atoms with Gasteiger partial charge in [0.2, 0.25) is 0 Å². The number of ketones is 1. The van der Waals surface area contributed by atoms with Crippen LogP contribution >= 0.6 is 0 Å². The molecule has 0 unspecified atom stereocenters. The van der Waals surface area contributed by atoms with Crippen molar-refractivity contribution < 1.29 is 28.9 Å². The number of ether oxygens (including phenoxy) is 3. The van der Waals surface area contributed by atoms with Crippen LogP contribution in [0.15, 0.2) is 66.7 Å². The zero-order chi connectivity index (χ0) is 23.8. The van der Waals surface area contributed by atoms with Crippen molar-refractivity contribution in [2.24, 2.45) is 0 Å². The van der Waals surface area contributed by atoms with Crippen molar-refractivity contribution in [3.05, 3.63) is 83.4 Å². The summed E-state index contributed by atoms with van der Waals surface area (Å²) in [4.78, 5) is 24.7. The van der Waals surface area contributed by atoms with Crippen molar-refractivity contribution in [2.75, 3.05) is 26.1 Å². The first-order chi connectivity index (χ1) is 15.9. The summed E-state index contributed by atoms with van der Waals surface area (Å²) in [5.74, 6) is 0.490. The number of aryl methyl sites for hydroxylation is 1. The number of carbonyl (C=O) groups is 2. The summed E-state index contributed by atoms with van der Waals surface area (Å²) < 4.78 is 16.0. The number of aromatic hydroxyl groups is 1. The van der Waals surface area contributed by atoms with Gasteiger partial charge in [-0.1, -0.05) is 30.3 Å². The number of rotatable bonds is 9. The summed E-state index contributed by atoms with van der Waals surface area (Å²) in [5, 5.41) is 12.5. The Morgan fingerprint density at radius 2 is 1.70 bits per heavy atom. The second kappa shape index (κ2) is 10.9. The fourth-order valence-electron chi connectivity index (χ4n) is 3.05. The predicted octanol–water partition coefficient (Wildman–Crippen LogP) is 4.63. The van der Waals surface area contributed by atoms with E-state index in [-0.39, 0.29) is 29.8 Å². The fraction of sp³-hybridized carbons (Fsp3) is 0.154. The number of benzene rings is 3. The van der Waals surface area contributed by atoms with Crippen LogP contribution in [-0.4, -0.2) is 37.6 Å². The van der Waals surface area contributed by atoms with Crippen molar-refractivity contribution in [1.82, 2.24) is 0 Å². The summed E-state index contributed by atoms with van der Waals surface area (Å²) in [6.07, 6.45) is 3.05. The number of allylic oxidation sites excluding steroid dienone is 1. The number of carbonyl (C=O) groups excluding carboxylic acids is 2. The zero-order valence-electron chi connectivity index (χ0n) is 18.6. The number of methoxy groups -OCH3 is 2. The summed E-state index contributed by atoms with van der Waals surface area (Å²) in [7, 11) is 2.92. The lowest BCUT2D eigenvalue weighted by Crippen LogP contribution is -2.20. The van der Waals surface area contributed by atoms with Gasteiger partial charge in [0.05, 0.1) is 14.2 Å². The molecule has 3 rings (SSSR count). The lowest BCUT2D eigenvalue weighted by Gasteiger charge is -2.12. The van der Waals surface area contributed by atoms with Crippen molar-refractivity contribution in [3.8, 4) is 23.0 Å². The predicted molar refractivity (Wildman–Crippen MR) is 126 cm³/mol. The van der Waals surface area contributed by atoms with Gasteiger partial charge in [0, 0.05) is 11.3 Å². The Kier molecular flexibility index (Phi) is 7.70. The van der Waals surface area contributed by atoms with E-state index in [1.807, 2.05) is 31.2 Å². The van der Waals surface area contributed by atoms with Gasteiger partial charge >= 0.3 is 0 Å². The van der Waals surface area contributed by atoms with Crippen LogP contribution in [0.25, 0.3) is 6.08 Å². The molecule has 2 N–H and O–H groups in total. The molecule has 0 aliphatic carbocycles. The Balaban J connectivity index is 1.65. The molecule has 0 saturated carbocycles. The molecule has 0 fully saturated rings. The molecular weight excluding hydrogens is 422 g/mol. The molecule has 7 heteroatoms. The molecule has 170 valence electrons. The van der Waals surface area contributed by atoms with Crippen LogP contribution in [0.1, 0.15) is 21.5 Å². The van der Waals surface area contributed by atoms with E-state index in [0.29, 0.717) is 22.6 Å². The molecule has 0 saturated heterocycles. The highest BCUT2D eigenvalue weighted by molar-refractivity contribution is 6.07. The maximum absolute atomic E-state index is 12.4. The third-order valence-corrected chi connectivity index (χ3v) is 4.86. The van der Waals surface area contributed by atoms with Crippen molar-refractivity contribution in [2.45, 2.75) is 6.92 Å². The number of anilines is 1. The molecule has 0 heterocycles. The van der Waals surface area contributed by atoms with E-state index in [0.717, 1.165) is 11.3 Å². The first-order valence-electron chi connectivity index (χ1n) is 10.2. The van der Waals surface area contributed by atoms with Gasteiger partial charge in [0.25, 0.3) is 5.91 Å². The van der Waals surface area contributed by atoms with E-state index in [1.54, 1.807) is 24.3 Å². The standard InChI is InChI=1S/C26H25NO6/c1-17-6-4-5-7-20(17)27-26(30)16-33-23-13-9-18(14-25(23)32-3)8-11-21(28)19-10-12-22(29)24(15-19)31-2/h4-15,29H,16H2,1-3H3,(H,27,30)/b11-8+. The Labute approximate surface area is 192 Å². The Morgan fingerprint density at radius 3 is 2.42 bits per heavy atom. The molecule has 3 aromatic carbocycles. The lowest BCUT2D eigenvalue weighted by atomic mass is 10.1. The van der Waals surface area contributed by atoms with Crippen LogP contribution in [0.5, 0.6) is 23.0 Å². The van der Waals surface area contributed by atoms with E-state index in [2.05, 4.69) is 5.32 Å².